The first-order chi connectivity index (χ1) is 12.0. The number of nitrogens with one attached hydrogen (secondary N) is 1. The summed E-state index contributed by atoms with van der Waals surface area (Å²) in [6.07, 6.45) is 9.21. The third-order valence-corrected chi connectivity index (χ3v) is 5.27. The summed E-state index contributed by atoms with van der Waals surface area (Å²) in [6.45, 7) is 5.38. The Hall–Kier alpha value is -1.92. The molecule has 2 aliphatic rings. The van der Waals surface area contributed by atoms with E-state index in [2.05, 4.69) is 15.6 Å². The summed E-state index contributed by atoms with van der Waals surface area (Å²) in [4.78, 5) is 26.6. The highest BCUT2D eigenvalue weighted by Gasteiger charge is 2.30. The second-order valence-electron chi connectivity index (χ2n) is 7.60. The first-order valence-corrected chi connectivity index (χ1v) is 9.56. The minimum absolute atomic E-state index is 0.0756. The lowest BCUT2D eigenvalue weighted by atomic mass is 9.87. The van der Waals surface area contributed by atoms with Crippen LogP contribution in [0.2, 0.25) is 0 Å². The Kier molecular flexibility index (Phi) is 5.71. The topological polar surface area (TPSA) is 80.1 Å². The molecule has 1 N–H and O–H groups in total. The number of amides is 2. The monoisotopic (exact) mass is 347 g/mol. The van der Waals surface area contributed by atoms with Crippen LogP contribution in [0.5, 0.6) is 0 Å². The van der Waals surface area contributed by atoms with Crippen molar-refractivity contribution in [3.8, 4) is 0 Å². The van der Waals surface area contributed by atoms with Gasteiger partial charge in [-0.05, 0) is 39.5 Å². The predicted octanol–water partition coefficient (Wildman–Crippen LogP) is 2.16. The lowest BCUT2D eigenvalue weighted by Gasteiger charge is -2.35. The number of carbonyl (C=O) groups is 2. The number of nitrogens with zero attached hydrogens (tertiary/aromatic N) is 4. The van der Waals surface area contributed by atoms with Crippen LogP contribution in [-0.4, -0.2) is 50.8 Å². The van der Waals surface area contributed by atoms with E-state index in [9.17, 15) is 9.59 Å². The fraction of sp³-hybridized carbons (Fsp3) is 0.778. The molecule has 0 aromatic carbocycles. The van der Waals surface area contributed by atoms with Gasteiger partial charge in [-0.2, -0.15) is 0 Å². The maximum Gasteiger partial charge on any atom is 0.273 e. The molecule has 7 nitrogen and oxygen atoms in total. The lowest BCUT2D eigenvalue weighted by molar-refractivity contribution is -0.137. The van der Waals surface area contributed by atoms with E-state index in [1.54, 1.807) is 10.9 Å². The number of likely N-dealkylation sites (tertiary alicyclic amines) is 1. The minimum Gasteiger partial charge on any atom is -0.348 e. The van der Waals surface area contributed by atoms with Crippen molar-refractivity contribution in [2.75, 3.05) is 13.1 Å². The Bertz CT molecular complexity index is 598. The van der Waals surface area contributed by atoms with Gasteiger partial charge in [0.05, 0.1) is 12.2 Å². The van der Waals surface area contributed by atoms with Gasteiger partial charge in [0.25, 0.3) is 5.91 Å². The maximum absolute atomic E-state index is 12.6. The van der Waals surface area contributed by atoms with E-state index in [-0.39, 0.29) is 23.9 Å². The molecule has 1 aliphatic carbocycles. The molecule has 0 spiro atoms. The first-order valence-electron chi connectivity index (χ1n) is 9.56. The van der Waals surface area contributed by atoms with Crippen molar-refractivity contribution in [2.24, 2.45) is 5.92 Å². The van der Waals surface area contributed by atoms with Gasteiger partial charge in [-0.1, -0.05) is 24.5 Å². The Morgan fingerprint density at radius 3 is 2.44 bits per heavy atom. The molecular weight excluding hydrogens is 318 g/mol. The Balaban J connectivity index is 1.53. The molecule has 3 rings (SSSR count). The van der Waals surface area contributed by atoms with E-state index in [0.29, 0.717) is 11.6 Å². The summed E-state index contributed by atoms with van der Waals surface area (Å²) in [5.74, 6) is 0.392. The summed E-state index contributed by atoms with van der Waals surface area (Å²) in [5.41, 5.74) is 0.356. The van der Waals surface area contributed by atoms with Gasteiger partial charge in [0, 0.05) is 25.0 Å². The highest BCUT2D eigenvalue weighted by Crippen LogP contribution is 2.28. The summed E-state index contributed by atoms with van der Waals surface area (Å²) in [6, 6.07) is 0.287. The van der Waals surface area contributed by atoms with E-state index in [0.717, 1.165) is 38.8 Å². The predicted molar refractivity (Wildman–Crippen MR) is 94.1 cm³/mol. The van der Waals surface area contributed by atoms with Crippen LogP contribution in [0.1, 0.15) is 75.3 Å². The SMILES string of the molecule is CC(C)NC(=O)c1cn(C2CCN(C(=O)C3CCCCC3)CC2)nn1. The van der Waals surface area contributed by atoms with Crippen molar-refractivity contribution in [3.05, 3.63) is 11.9 Å². The number of carbonyl (C=O) groups excluding carboxylic acids is 2. The average Bonchev–Trinajstić information content (AvgIpc) is 3.12. The summed E-state index contributed by atoms with van der Waals surface area (Å²) >= 11 is 0. The van der Waals surface area contributed by atoms with E-state index in [4.69, 9.17) is 0 Å². The molecular formula is C18H29N5O2. The standard InChI is InChI=1S/C18H29N5O2/c1-13(2)19-17(24)16-12-23(21-20-16)15-8-10-22(11-9-15)18(25)14-6-4-3-5-7-14/h12-15H,3-11H2,1-2H3,(H,19,24). The van der Waals surface area contributed by atoms with E-state index in [1.807, 2.05) is 18.7 Å². The lowest BCUT2D eigenvalue weighted by Crippen LogP contribution is -2.42. The fourth-order valence-electron chi connectivity index (χ4n) is 3.85. The molecule has 2 amide bonds. The van der Waals surface area contributed by atoms with Crippen LogP contribution in [0.15, 0.2) is 6.20 Å². The second-order valence-corrected chi connectivity index (χ2v) is 7.60. The Labute approximate surface area is 149 Å². The molecule has 138 valence electrons. The third kappa shape index (κ3) is 4.38. The number of piperidine rings is 1. The second kappa shape index (κ2) is 7.97. The third-order valence-electron chi connectivity index (χ3n) is 5.27. The fourth-order valence-corrected chi connectivity index (χ4v) is 3.85. The van der Waals surface area contributed by atoms with Gasteiger partial charge in [-0.3, -0.25) is 9.59 Å². The molecule has 1 aliphatic heterocycles. The van der Waals surface area contributed by atoms with Crippen molar-refractivity contribution in [1.82, 2.24) is 25.2 Å². The van der Waals surface area contributed by atoms with Gasteiger partial charge < -0.3 is 10.2 Å². The summed E-state index contributed by atoms with van der Waals surface area (Å²) in [5, 5.41) is 10.9. The van der Waals surface area contributed by atoms with E-state index in [1.165, 1.54) is 19.3 Å². The normalized spacial score (nSPS) is 20.0. The van der Waals surface area contributed by atoms with Gasteiger partial charge in [0.15, 0.2) is 5.69 Å². The van der Waals surface area contributed by atoms with Gasteiger partial charge in [-0.25, -0.2) is 4.68 Å². The number of rotatable bonds is 4. The maximum atomic E-state index is 12.6. The highest BCUT2D eigenvalue weighted by atomic mass is 16.2. The van der Waals surface area contributed by atoms with Crippen LogP contribution in [0.4, 0.5) is 0 Å². The largest absolute Gasteiger partial charge is 0.348 e. The number of hydrogen-bond acceptors (Lipinski definition) is 4. The van der Waals surface area contributed by atoms with Crippen molar-refractivity contribution < 1.29 is 9.59 Å². The van der Waals surface area contributed by atoms with Crippen LogP contribution in [0.25, 0.3) is 0 Å². The average molecular weight is 347 g/mol. The zero-order valence-electron chi connectivity index (χ0n) is 15.3. The molecule has 0 atom stereocenters. The van der Waals surface area contributed by atoms with Crippen LogP contribution in [0, 0.1) is 5.92 Å². The van der Waals surface area contributed by atoms with Crippen LogP contribution in [0.3, 0.4) is 0 Å². The van der Waals surface area contributed by atoms with Crippen LogP contribution < -0.4 is 5.32 Å². The Morgan fingerprint density at radius 2 is 1.80 bits per heavy atom. The van der Waals surface area contributed by atoms with Crippen LogP contribution >= 0.6 is 0 Å². The molecule has 0 unspecified atom stereocenters. The zero-order valence-corrected chi connectivity index (χ0v) is 15.3. The first kappa shape index (κ1) is 17.9. The molecule has 2 heterocycles. The van der Waals surface area contributed by atoms with Crippen LogP contribution in [-0.2, 0) is 4.79 Å². The highest BCUT2D eigenvalue weighted by molar-refractivity contribution is 5.92. The van der Waals surface area contributed by atoms with Crippen molar-refractivity contribution >= 4 is 11.8 Å². The molecule has 0 bridgehead atoms. The summed E-state index contributed by atoms with van der Waals surface area (Å²) in [7, 11) is 0. The molecule has 25 heavy (non-hydrogen) atoms. The minimum atomic E-state index is -0.189. The molecule has 7 heteroatoms. The number of hydrogen-bond donors (Lipinski definition) is 1. The molecule has 1 aromatic rings. The zero-order chi connectivity index (χ0) is 17.8. The van der Waals surface area contributed by atoms with E-state index < -0.39 is 0 Å². The molecule has 1 saturated carbocycles. The van der Waals surface area contributed by atoms with Gasteiger partial charge in [-0.15, -0.1) is 5.10 Å². The van der Waals surface area contributed by atoms with Gasteiger partial charge in [0.1, 0.15) is 0 Å². The molecule has 0 radical (unpaired) electrons. The van der Waals surface area contributed by atoms with E-state index >= 15 is 0 Å². The smallest absolute Gasteiger partial charge is 0.273 e. The number of aromatic nitrogens is 3. The van der Waals surface area contributed by atoms with Crippen molar-refractivity contribution in [2.45, 2.75) is 70.9 Å². The van der Waals surface area contributed by atoms with Gasteiger partial charge >= 0.3 is 0 Å². The van der Waals surface area contributed by atoms with Crippen molar-refractivity contribution in [1.29, 1.82) is 0 Å². The van der Waals surface area contributed by atoms with Crippen molar-refractivity contribution in [3.63, 3.8) is 0 Å². The van der Waals surface area contributed by atoms with Gasteiger partial charge in [0.2, 0.25) is 5.91 Å². The molecule has 1 aromatic heterocycles. The molecule has 1 saturated heterocycles. The molecule has 2 fully saturated rings. The Morgan fingerprint density at radius 1 is 1.12 bits per heavy atom. The summed E-state index contributed by atoms with van der Waals surface area (Å²) < 4.78 is 1.79. The quantitative estimate of drug-likeness (QED) is 0.905.